The molecule has 0 aromatic carbocycles. The number of hydrogen-bond donors (Lipinski definition) is 1. The van der Waals surface area contributed by atoms with Gasteiger partial charge in [-0.15, -0.1) is 0 Å². The molecule has 1 heteroatoms. The van der Waals surface area contributed by atoms with Gasteiger partial charge < -0.3 is 5.32 Å². The fourth-order valence-corrected chi connectivity index (χ4v) is 7.12. The van der Waals surface area contributed by atoms with E-state index in [0.29, 0.717) is 5.41 Å². The van der Waals surface area contributed by atoms with Crippen molar-refractivity contribution in [1.82, 2.24) is 5.32 Å². The molecule has 5 rings (SSSR count). The van der Waals surface area contributed by atoms with Crippen molar-refractivity contribution in [3.05, 3.63) is 0 Å². The van der Waals surface area contributed by atoms with Gasteiger partial charge in [0.2, 0.25) is 0 Å². The lowest BCUT2D eigenvalue weighted by Crippen LogP contribution is -2.56. The van der Waals surface area contributed by atoms with Gasteiger partial charge >= 0.3 is 0 Å². The molecule has 0 spiro atoms. The van der Waals surface area contributed by atoms with Crippen LogP contribution in [0.4, 0.5) is 0 Å². The van der Waals surface area contributed by atoms with Gasteiger partial charge in [0.15, 0.2) is 0 Å². The molecule has 0 radical (unpaired) electrons. The van der Waals surface area contributed by atoms with Crippen molar-refractivity contribution in [1.29, 1.82) is 0 Å². The molecular weight excluding hydrogens is 218 g/mol. The molecule has 1 N–H and O–H groups in total. The average Bonchev–Trinajstić information content (AvgIpc) is 2.80. The van der Waals surface area contributed by atoms with E-state index in [1.165, 1.54) is 19.4 Å². The molecular formula is C17H29N. The molecule has 4 bridgehead atoms. The molecule has 5 saturated carbocycles. The first-order valence-electron chi connectivity index (χ1n) is 8.38. The summed E-state index contributed by atoms with van der Waals surface area (Å²) in [6.45, 7) is 1.30. The highest BCUT2D eigenvalue weighted by Gasteiger charge is 2.59. The van der Waals surface area contributed by atoms with E-state index >= 15 is 0 Å². The topological polar surface area (TPSA) is 12.0 Å². The van der Waals surface area contributed by atoms with E-state index in [4.69, 9.17) is 0 Å². The van der Waals surface area contributed by atoms with Gasteiger partial charge in [0.05, 0.1) is 0 Å². The Kier molecular flexibility index (Phi) is 2.60. The zero-order valence-electron chi connectivity index (χ0n) is 12.0. The Morgan fingerprint density at radius 3 is 2.28 bits per heavy atom. The highest BCUT2D eigenvalue weighted by Crippen LogP contribution is 2.68. The van der Waals surface area contributed by atoms with Crippen molar-refractivity contribution in [2.45, 2.75) is 64.2 Å². The molecule has 5 aliphatic rings. The predicted molar refractivity (Wildman–Crippen MR) is 75.4 cm³/mol. The summed E-state index contributed by atoms with van der Waals surface area (Å²) in [5.74, 6) is 3.31. The van der Waals surface area contributed by atoms with Crippen LogP contribution in [0, 0.1) is 28.6 Å². The summed E-state index contributed by atoms with van der Waals surface area (Å²) in [5.41, 5.74) is 1.51. The third-order valence-corrected chi connectivity index (χ3v) is 7.00. The Morgan fingerprint density at radius 2 is 1.67 bits per heavy atom. The average molecular weight is 247 g/mol. The lowest BCUT2D eigenvalue weighted by atomic mass is 9.41. The summed E-state index contributed by atoms with van der Waals surface area (Å²) in [7, 11) is 2.17. The van der Waals surface area contributed by atoms with E-state index in [0.717, 1.165) is 23.2 Å². The number of nitrogens with one attached hydrogen (secondary N) is 1. The molecule has 0 aromatic rings. The van der Waals surface area contributed by atoms with E-state index in [1.54, 1.807) is 51.4 Å². The van der Waals surface area contributed by atoms with Gasteiger partial charge in [-0.3, -0.25) is 0 Å². The molecule has 0 amide bonds. The number of rotatable bonds is 3. The number of hydrogen-bond acceptors (Lipinski definition) is 1. The first-order valence-corrected chi connectivity index (χ1v) is 8.38. The Morgan fingerprint density at radius 1 is 1.00 bits per heavy atom. The van der Waals surface area contributed by atoms with Gasteiger partial charge in [-0.05, 0) is 87.0 Å². The minimum Gasteiger partial charge on any atom is -0.319 e. The van der Waals surface area contributed by atoms with Crippen molar-refractivity contribution in [2.24, 2.45) is 28.6 Å². The molecule has 0 aliphatic heterocycles. The van der Waals surface area contributed by atoms with Crippen LogP contribution in [-0.2, 0) is 0 Å². The standard InChI is InChI=1S/C17H29N/c1-18-12-16-7-13-6-14(8-16)10-17(9-13,11-16)15-4-2-3-5-15/h13-15,18H,2-12H2,1H3. The van der Waals surface area contributed by atoms with E-state index in [1.807, 2.05) is 0 Å². The maximum absolute atomic E-state index is 3.53. The second kappa shape index (κ2) is 3.98. The van der Waals surface area contributed by atoms with Crippen LogP contribution in [0.25, 0.3) is 0 Å². The van der Waals surface area contributed by atoms with Gasteiger partial charge in [0, 0.05) is 6.54 Å². The Bertz CT molecular complexity index is 315. The first-order chi connectivity index (χ1) is 8.74. The smallest absolute Gasteiger partial charge is 0.000521 e. The van der Waals surface area contributed by atoms with Crippen LogP contribution in [-0.4, -0.2) is 13.6 Å². The van der Waals surface area contributed by atoms with E-state index in [9.17, 15) is 0 Å². The highest BCUT2D eigenvalue weighted by molar-refractivity contribution is 5.10. The largest absolute Gasteiger partial charge is 0.319 e. The van der Waals surface area contributed by atoms with Crippen LogP contribution in [0.1, 0.15) is 64.2 Å². The Balaban J connectivity index is 1.65. The van der Waals surface area contributed by atoms with Crippen molar-refractivity contribution >= 4 is 0 Å². The van der Waals surface area contributed by atoms with Gasteiger partial charge in [0.25, 0.3) is 0 Å². The van der Waals surface area contributed by atoms with E-state index in [-0.39, 0.29) is 0 Å². The van der Waals surface area contributed by atoms with Gasteiger partial charge in [0.1, 0.15) is 0 Å². The molecule has 102 valence electrons. The third-order valence-electron chi connectivity index (χ3n) is 7.00. The van der Waals surface area contributed by atoms with Crippen LogP contribution in [0.3, 0.4) is 0 Å². The predicted octanol–water partition coefficient (Wildman–Crippen LogP) is 3.98. The molecule has 1 nitrogen and oxygen atoms in total. The monoisotopic (exact) mass is 247 g/mol. The zero-order valence-corrected chi connectivity index (χ0v) is 12.0. The Hall–Kier alpha value is -0.0400. The first kappa shape index (κ1) is 11.8. The SMILES string of the molecule is CNCC12CC3CC(C1)CC(C1CCCC1)(C3)C2. The summed E-state index contributed by atoms with van der Waals surface area (Å²) >= 11 is 0. The molecule has 0 aromatic heterocycles. The summed E-state index contributed by atoms with van der Waals surface area (Å²) in [5, 5.41) is 3.53. The van der Waals surface area contributed by atoms with Crippen molar-refractivity contribution in [3.8, 4) is 0 Å². The summed E-state index contributed by atoms with van der Waals surface area (Å²) < 4.78 is 0. The second-order valence-corrected chi connectivity index (χ2v) is 8.34. The molecule has 2 atom stereocenters. The van der Waals surface area contributed by atoms with Crippen molar-refractivity contribution < 1.29 is 0 Å². The molecule has 0 saturated heterocycles. The van der Waals surface area contributed by atoms with Gasteiger partial charge in [-0.1, -0.05) is 12.8 Å². The third kappa shape index (κ3) is 1.62. The van der Waals surface area contributed by atoms with Crippen molar-refractivity contribution in [3.63, 3.8) is 0 Å². The maximum Gasteiger partial charge on any atom is 0.000521 e. The normalized spacial score (nSPS) is 51.2. The Labute approximate surface area is 112 Å². The molecule has 5 aliphatic carbocycles. The summed E-state index contributed by atoms with van der Waals surface area (Å²) in [6.07, 6.45) is 15.7. The highest BCUT2D eigenvalue weighted by atomic mass is 14.8. The molecule has 0 heterocycles. The van der Waals surface area contributed by atoms with Crippen LogP contribution in [0.2, 0.25) is 0 Å². The zero-order chi connectivity index (χ0) is 12.2. The quantitative estimate of drug-likeness (QED) is 0.795. The van der Waals surface area contributed by atoms with Gasteiger partial charge in [-0.25, -0.2) is 0 Å². The fourth-order valence-electron chi connectivity index (χ4n) is 7.12. The lowest BCUT2D eigenvalue weighted by Gasteiger charge is -2.64. The second-order valence-electron chi connectivity index (χ2n) is 8.34. The van der Waals surface area contributed by atoms with Crippen LogP contribution >= 0.6 is 0 Å². The summed E-state index contributed by atoms with van der Waals surface area (Å²) in [4.78, 5) is 0. The fraction of sp³-hybridized carbons (Fsp3) is 1.00. The van der Waals surface area contributed by atoms with Crippen LogP contribution in [0.15, 0.2) is 0 Å². The minimum atomic E-state index is 0.710. The molecule has 5 fully saturated rings. The minimum absolute atomic E-state index is 0.710. The van der Waals surface area contributed by atoms with Crippen molar-refractivity contribution in [2.75, 3.05) is 13.6 Å². The lowest BCUT2D eigenvalue weighted by molar-refractivity contribution is -0.133. The van der Waals surface area contributed by atoms with Crippen LogP contribution in [0.5, 0.6) is 0 Å². The van der Waals surface area contributed by atoms with E-state index < -0.39 is 0 Å². The maximum atomic E-state index is 3.53. The summed E-state index contributed by atoms with van der Waals surface area (Å²) in [6, 6.07) is 0. The molecule has 18 heavy (non-hydrogen) atoms. The van der Waals surface area contributed by atoms with Gasteiger partial charge in [-0.2, -0.15) is 0 Å². The van der Waals surface area contributed by atoms with E-state index in [2.05, 4.69) is 12.4 Å². The van der Waals surface area contributed by atoms with Crippen LogP contribution < -0.4 is 5.32 Å². The molecule has 2 unspecified atom stereocenters.